The normalized spacial score (nSPS) is 15.5. The molecule has 1 atom stereocenters. The zero-order chi connectivity index (χ0) is 25.8. The van der Waals surface area contributed by atoms with Gasteiger partial charge in [-0.3, -0.25) is 9.78 Å². The lowest BCUT2D eigenvalue weighted by atomic mass is 9.81. The van der Waals surface area contributed by atoms with Crippen molar-refractivity contribution < 1.29 is 19.6 Å². The minimum atomic E-state index is -0.685. The van der Waals surface area contributed by atoms with Crippen molar-refractivity contribution in [3.63, 3.8) is 0 Å². The van der Waals surface area contributed by atoms with Crippen molar-refractivity contribution in [2.75, 3.05) is 0 Å². The van der Waals surface area contributed by atoms with Crippen molar-refractivity contribution in [2.24, 2.45) is 7.05 Å². The molecule has 3 aromatic carbocycles. The quantitative estimate of drug-likeness (QED) is 0.288. The third-order valence-electron chi connectivity index (χ3n) is 6.66. The molecule has 1 aliphatic heterocycles. The van der Waals surface area contributed by atoms with Gasteiger partial charge in [-0.25, -0.2) is 14.6 Å². The number of nitrogens with one attached hydrogen (secondary N) is 2. The highest BCUT2D eigenvalue weighted by Crippen LogP contribution is 2.43. The number of hydrogen-bond donors (Lipinski definition) is 3. The first kappa shape index (κ1) is 22.8. The Labute approximate surface area is 214 Å². The molecular formula is C28H19ClN3O5+. The van der Waals surface area contributed by atoms with Crippen molar-refractivity contribution in [3.05, 3.63) is 132 Å². The van der Waals surface area contributed by atoms with E-state index in [0.29, 0.717) is 50.1 Å². The van der Waals surface area contributed by atoms with E-state index in [4.69, 9.17) is 16.3 Å². The predicted octanol–water partition coefficient (Wildman–Crippen LogP) is 2.58. The highest BCUT2D eigenvalue weighted by Gasteiger charge is 2.43. The van der Waals surface area contributed by atoms with Crippen LogP contribution in [-0.4, -0.2) is 26.3 Å². The number of H-pyrrole nitrogens is 1. The molecule has 37 heavy (non-hydrogen) atoms. The van der Waals surface area contributed by atoms with Crippen LogP contribution in [0.4, 0.5) is 5.82 Å². The maximum absolute atomic E-state index is 13.1. The number of ether oxygens (including phenoxy) is 1. The lowest BCUT2D eigenvalue weighted by Gasteiger charge is -2.23. The average molecular weight is 513 g/mol. The highest BCUT2D eigenvalue weighted by atomic mass is 35.5. The van der Waals surface area contributed by atoms with E-state index in [9.17, 15) is 19.5 Å². The number of halogens is 1. The summed E-state index contributed by atoms with van der Waals surface area (Å²) in [6.07, 6.45) is 0. The van der Waals surface area contributed by atoms with Crippen LogP contribution in [0.1, 0.15) is 38.5 Å². The van der Waals surface area contributed by atoms with Crippen LogP contribution in [0.15, 0.2) is 88.0 Å². The first-order valence-corrected chi connectivity index (χ1v) is 11.8. The van der Waals surface area contributed by atoms with Gasteiger partial charge in [0.2, 0.25) is 0 Å². The molecule has 0 radical (unpaired) electrons. The molecule has 0 amide bonds. The number of fused-ring (bicyclic) bond motifs is 4. The highest BCUT2D eigenvalue weighted by molar-refractivity contribution is 6.30. The van der Waals surface area contributed by atoms with Crippen molar-refractivity contribution in [1.82, 2.24) is 9.55 Å². The third kappa shape index (κ3) is 3.61. The molecule has 2 aliphatic rings. The van der Waals surface area contributed by atoms with Gasteiger partial charge in [-0.2, -0.15) is 4.57 Å². The fourth-order valence-electron chi connectivity index (χ4n) is 4.87. The minimum Gasteiger partial charge on any atom is -0.507 e. The molecule has 9 heteroatoms. The molecule has 1 aromatic heterocycles. The fourth-order valence-corrected chi connectivity index (χ4v) is 4.99. The number of carbonyl (C=O) groups excluding carboxylic acids is 1. The summed E-state index contributed by atoms with van der Waals surface area (Å²) in [6, 6.07) is 20.4. The molecule has 4 aromatic rings. The van der Waals surface area contributed by atoms with Crippen molar-refractivity contribution >= 4 is 34.9 Å². The van der Waals surface area contributed by atoms with Crippen molar-refractivity contribution in [1.29, 1.82) is 0 Å². The van der Waals surface area contributed by atoms with Crippen LogP contribution >= 0.6 is 11.6 Å². The second-order valence-corrected chi connectivity index (χ2v) is 9.22. The van der Waals surface area contributed by atoms with Crippen LogP contribution in [0.5, 0.6) is 5.75 Å². The lowest BCUT2D eigenvalue weighted by molar-refractivity contribution is -0.364. The summed E-state index contributed by atoms with van der Waals surface area (Å²) in [5, 5.41) is 11.7. The zero-order valence-corrected chi connectivity index (χ0v) is 20.2. The molecule has 1 unspecified atom stereocenters. The Hall–Kier alpha value is -4.69. The predicted molar refractivity (Wildman–Crippen MR) is 138 cm³/mol. The van der Waals surface area contributed by atoms with Crippen LogP contribution in [0.3, 0.4) is 0 Å². The summed E-state index contributed by atoms with van der Waals surface area (Å²) in [5.74, 6) is -0.509. The summed E-state index contributed by atoms with van der Waals surface area (Å²) in [4.78, 5) is 43.6. The smallest absolute Gasteiger partial charge is 0.415 e. The van der Waals surface area contributed by atoms with Crippen LogP contribution in [0.25, 0.3) is 5.76 Å². The van der Waals surface area contributed by atoms with E-state index >= 15 is 0 Å². The third-order valence-corrected chi connectivity index (χ3v) is 6.91. The second kappa shape index (κ2) is 8.46. The molecule has 0 bridgehead atoms. The number of aliphatic hydroxyl groups is 1. The maximum Gasteiger partial charge on any atom is 0.415 e. The van der Waals surface area contributed by atoms with Gasteiger partial charge in [0.1, 0.15) is 22.8 Å². The molecule has 0 fully saturated rings. The molecule has 6 rings (SSSR count). The number of aromatic nitrogens is 2. The van der Waals surface area contributed by atoms with Gasteiger partial charge in [-0.1, -0.05) is 41.9 Å². The molecule has 2 heterocycles. The SMILES string of the molecule is Cn1c2c(c(=O)[nH]c1=O)C(c1ccc(OC(=O)c3ccc(Cl)cc3)cc1)C1=C(O)c3ccccc3C1=[NH+]2. The number of aliphatic hydroxyl groups excluding tert-OH is 1. The topological polar surface area (TPSA) is 115 Å². The summed E-state index contributed by atoms with van der Waals surface area (Å²) in [7, 11) is 1.57. The van der Waals surface area contributed by atoms with Gasteiger partial charge in [0.25, 0.3) is 11.4 Å². The molecule has 8 nitrogen and oxygen atoms in total. The van der Waals surface area contributed by atoms with Crippen LogP contribution < -0.4 is 21.0 Å². The summed E-state index contributed by atoms with van der Waals surface area (Å²) in [6.45, 7) is 0. The lowest BCUT2D eigenvalue weighted by Crippen LogP contribution is -2.72. The Morgan fingerprint density at radius 3 is 2.38 bits per heavy atom. The first-order chi connectivity index (χ1) is 17.8. The Kier molecular flexibility index (Phi) is 5.20. The number of nitrogens with zero attached hydrogens (tertiary/aromatic N) is 1. The molecule has 0 saturated carbocycles. The number of hydrogen-bond acceptors (Lipinski definition) is 5. The Morgan fingerprint density at radius 1 is 1.00 bits per heavy atom. The summed E-state index contributed by atoms with van der Waals surface area (Å²) < 4.78 is 6.84. The van der Waals surface area contributed by atoms with Gasteiger partial charge in [0, 0.05) is 16.1 Å². The number of benzene rings is 3. The number of carbonyl (C=O) groups is 1. The Morgan fingerprint density at radius 2 is 1.68 bits per heavy atom. The number of aromatic amines is 1. The Bertz CT molecular complexity index is 1780. The van der Waals surface area contributed by atoms with E-state index in [1.165, 1.54) is 4.57 Å². The molecular weight excluding hydrogens is 494 g/mol. The summed E-state index contributed by atoms with van der Waals surface area (Å²) >= 11 is 5.89. The molecule has 0 spiro atoms. The van der Waals surface area contributed by atoms with Gasteiger partial charge in [0.05, 0.1) is 24.1 Å². The monoisotopic (exact) mass is 512 g/mol. The van der Waals surface area contributed by atoms with E-state index < -0.39 is 23.1 Å². The molecule has 3 N–H and O–H groups in total. The fraction of sp³-hybridized carbons (Fsp3) is 0.0714. The van der Waals surface area contributed by atoms with E-state index in [1.807, 2.05) is 18.2 Å². The largest absolute Gasteiger partial charge is 0.507 e. The summed E-state index contributed by atoms with van der Waals surface area (Å²) in [5.41, 5.74) is 2.78. The molecule has 182 valence electrons. The van der Waals surface area contributed by atoms with Gasteiger partial charge < -0.3 is 9.84 Å². The number of esters is 1. The molecule has 0 saturated heterocycles. The minimum absolute atomic E-state index is 0.0558. The second-order valence-electron chi connectivity index (χ2n) is 8.79. The maximum atomic E-state index is 13.1. The average Bonchev–Trinajstić information content (AvgIpc) is 3.19. The standard InChI is InChI=1S/C28H18ClN3O5/c1-32-25-22(26(34)31-28(32)36)20(21-23(30-25)18-4-2-3-5-19(18)24(21)33)14-8-12-17(13-9-14)37-27(35)15-6-10-16(29)11-7-15/h2-13,20,33H,1H3,(H,31,34,36)/p+1. The van der Waals surface area contributed by atoms with Crippen molar-refractivity contribution in [3.8, 4) is 5.75 Å². The number of allylic oxidation sites excluding steroid dienone is 1. The number of rotatable bonds is 3. The van der Waals surface area contributed by atoms with Crippen molar-refractivity contribution in [2.45, 2.75) is 5.92 Å². The first-order valence-electron chi connectivity index (χ1n) is 11.4. The van der Waals surface area contributed by atoms with Gasteiger partial charge in [0.15, 0.2) is 0 Å². The van der Waals surface area contributed by atoms with Crippen LogP contribution in [0, 0.1) is 0 Å². The van der Waals surface area contributed by atoms with E-state index in [1.54, 1.807) is 61.6 Å². The van der Waals surface area contributed by atoms with E-state index in [2.05, 4.69) is 9.98 Å². The van der Waals surface area contributed by atoms with Gasteiger partial charge >= 0.3 is 11.7 Å². The van der Waals surface area contributed by atoms with Gasteiger partial charge in [-0.15, -0.1) is 0 Å². The van der Waals surface area contributed by atoms with Crippen LogP contribution in [0.2, 0.25) is 5.02 Å². The van der Waals surface area contributed by atoms with Crippen LogP contribution in [-0.2, 0) is 7.05 Å². The van der Waals surface area contributed by atoms with E-state index in [-0.39, 0.29) is 5.76 Å². The Balaban J connectivity index is 1.45. The zero-order valence-electron chi connectivity index (χ0n) is 19.4. The van der Waals surface area contributed by atoms with Gasteiger partial charge in [-0.05, 0) is 48.0 Å². The molecule has 1 aliphatic carbocycles. The van der Waals surface area contributed by atoms with E-state index in [0.717, 1.165) is 5.56 Å².